The van der Waals surface area contributed by atoms with E-state index in [1.807, 2.05) is 25.7 Å². The zero-order chi connectivity index (χ0) is 16.2. The van der Waals surface area contributed by atoms with Gasteiger partial charge < -0.3 is 9.64 Å². The first-order valence-electron chi connectivity index (χ1n) is 7.45. The second-order valence-corrected chi connectivity index (χ2v) is 7.74. The molecule has 2 rings (SSSR count). The number of hydrogen-bond donors (Lipinski definition) is 0. The van der Waals surface area contributed by atoms with Gasteiger partial charge in [0.1, 0.15) is 5.60 Å². The lowest BCUT2D eigenvalue weighted by Gasteiger charge is -2.36. The van der Waals surface area contributed by atoms with Crippen LogP contribution < -0.4 is 0 Å². The monoisotopic (exact) mass is 343 g/mol. The normalized spacial score (nSPS) is 19.1. The number of halogens is 1. The van der Waals surface area contributed by atoms with Crippen LogP contribution in [0.5, 0.6) is 0 Å². The lowest BCUT2D eigenvalue weighted by atomic mass is 10.0. The van der Waals surface area contributed by atoms with Gasteiger partial charge >= 0.3 is 6.09 Å². The molecule has 2 heterocycles. The van der Waals surface area contributed by atoms with Gasteiger partial charge in [0.2, 0.25) is 0 Å². The molecule has 0 radical (unpaired) electrons. The summed E-state index contributed by atoms with van der Waals surface area (Å²) in [6.45, 7) is 6.42. The van der Waals surface area contributed by atoms with Gasteiger partial charge in [0.05, 0.1) is 17.4 Å². The van der Waals surface area contributed by atoms with Gasteiger partial charge in [0.25, 0.3) is 0 Å². The van der Waals surface area contributed by atoms with Gasteiger partial charge in [0, 0.05) is 18.3 Å². The first-order chi connectivity index (χ1) is 10.3. The molecule has 1 aliphatic heterocycles. The summed E-state index contributed by atoms with van der Waals surface area (Å²) in [5.41, 5.74) is -0.467. The fourth-order valence-electron chi connectivity index (χ4n) is 2.28. The zero-order valence-corrected chi connectivity index (χ0v) is 14.8. The lowest BCUT2D eigenvalue weighted by molar-refractivity contribution is 0.0125. The van der Waals surface area contributed by atoms with E-state index < -0.39 is 5.60 Å². The van der Waals surface area contributed by atoms with Crippen LogP contribution in [0.3, 0.4) is 0 Å². The van der Waals surface area contributed by atoms with Gasteiger partial charge in [-0.15, -0.1) is 0 Å². The number of piperidine rings is 1. The van der Waals surface area contributed by atoms with Gasteiger partial charge in [-0.2, -0.15) is 0 Å². The highest BCUT2D eigenvalue weighted by atomic mass is 35.5. The third-order valence-corrected chi connectivity index (χ3v) is 4.47. The van der Waals surface area contributed by atoms with Crippen molar-refractivity contribution in [3.05, 3.63) is 17.4 Å². The van der Waals surface area contributed by atoms with Gasteiger partial charge in [-0.3, -0.25) is 0 Å². The third kappa shape index (κ3) is 5.32. The topological polar surface area (TPSA) is 55.3 Å². The van der Waals surface area contributed by atoms with Crippen molar-refractivity contribution in [1.82, 2.24) is 14.9 Å². The van der Waals surface area contributed by atoms with Gasteiger partial charge in [-0.1, -0.05) is 23.4 Å². The van der Waals surface area contributed by atoms with Crippen molar-refractivity contribution in [2.75, 3.05) is 12.3 Å². The van der Waals surface area contributed by atoms with E-state index in [2.05, 4.69) is 9.97 Å². The van der Waals surface area contributed by atoms with Crippen molar-refractivity contribution in [2.24, 2.45) is 0 Å². The smallest absolute Gasteiger partial charge is 0.410 e. The van der Waals surface area contributed by atoms with E-state index in [-0.39, 0.29) is 12.1 Å². The van der Waals surface area contributed by atoms with E-state index in [1.54, 1.807) is 24.2 Å². The molecule has 0 unspecified atom stereocenters. The molecule has 0 saturated carbocycles. The molecule has 7 heteroatoms. The summed E-state index contributed by atoms with van der Waals surface area (Å²) in [6, 6.07) is 0.160. The Labute approximate surface area is 140 Å². The number of ether oxygens (including phenoxy) is 1. The van der Waals surface area contributed by atoms with E-state index in [0.29, 0.717) is 10.2 Å². The molecule has 0 spiro atoms. The minimum Gasteiger partial charge on any atom is -0.444 e. The van der Waals surface area contributed by atoms with E-state index >= 15 is 0 Å². The number of rotatable bonds is 3. The Morgan fingerprint density at radius 3 is 2.73 bits per heavy atom. The number of carbonyl (C=O) groups excluding carboxylic acids is 1. The number of nitrogens with zero attached hydrogens (tertiary/aromatic N) is 3. The fraction of sp³-hybridized carbons (Fsp3) is 0.667. The highest BCUT2D eigenvalue weighted by molar-refractivity contribution is 7.99. The van der Waals surface area contributed by atoms with Crippen molar-refractivity contribution < 1.29 is 9.53 Å². The minimum absolute atomic E-state index is 0.160. The molecule has 22 heavy (non-hydrogen) atoms. The summed E-state index contributed by atoms with van der Waals surface area (Å²) < 4.78 is 5.50. The summed E-state index contributed by atoms with van der Waals surface area (Å²) >= 11 is 7.33. The Hall–Kier alpha value is -1.01. The van der Waals surface area contributed by atoms with Crippen LogP contribution in [-0.4, -0.2) is 44.9 Å². The number of amides is 1. The number of carbonyl (C=O) groups is 1. The van der Waals surface area contributed by atoms with Crippen LogP contribution in [-0.2, 0) is 4.74 Å². The highest BCUT2D eigenvalue weighted by Crippen LogP contribution is 2.25. The average Bonchev–Trinajstić information content (AvgIpc) is 2.45. The molecule has 1 fully saturated rings. The molecule has 122 valence electrons. The Balaban J connectivity index is 1.94. The number of likely N-dealkylation sites (tertiary alicyclic amines) is 1. The molecular weight excluding hydrogens is 322 g/mol. The zero-order valence-electron chi connectivity index (χ0n) is 13.2. The van der Waals surface area contributed by atoms with Crippen LogP contribution in [0.2, 0.25) is 5.02 Å². The van der Waals surface area contributed by atoms with E-state index in [4.69, 9.17) is 16.3 Å². The fourth-order valence-corrected chi connectivity index (χ4v) is 3.32. The molecule has 1 amide bonds. The third-order valence-electron chi connectivity index (χ3n) is 3.26. The maximum absolute atomic E-state index is 12.3. The van der Waals surface area contributed by atoms with Crippen molar-refractivity contribution >= 4 is 29.5 Å². The second kappa shape index (κ2) is 7.51. The number of hydrogen-bond acceptors (Lipinski definition) is 5. The Bertz CT molecular complexity index is 505. The van der Waals surface area contributed by atoms with Gasteiger partial charge in [0.15, 0.2) is 5.16 Å². The Morgan fingerprint density at radius 2 is 2.09 bits per heavy atom. The molecule has 1 aromatic heterocycles. The van der Waals surface area contributed by atoms with Crippen LogP contribution in [0.15, 0.2) is 17.6 Å². The van der Waals surface area contributed by atoms with Crippen molar-refractivity contribution in [3.8, 4) is 0 Å². The summed E-state index contributed by atoms with van der Waals surface area (Å²) in [6.07, 6.45) is 6.09. The van der Waals surface area contributed by atoms with Gasteiger partial charge in [-0.05, 0) is 40.0 Å². The standard InChI is InChI=1S/C15H22ClN3O2S/c1-15(2,3)21-14(20)19-7-5-4-6-12(19)10-22-13-17-8-11(16)9-18-13/h8-9,12H,4-7,10H2,1-3H3/t12-/m0/s1. The molecule has 0 N–H and O–H groups in total. The molecule has 0 bridgehead atoms. The number of aromatic nitrogens is 2. The minimum atomic E-state index is -0.467. The summed E-state index contributed by atoms with van der Waals surface area (Å²) in [7, 11) is 0. The van der Waals surface area contributed by atoms with Gasteiger partial charge in [-0.25, -0.2) is 14.8 Å². The van der Waals surface area contributed by atoms with E-state index in [9.17, 15) is 4.79 Å². The Morgan fingerprint density at radius 1 is 1.41 bits per heavy atom. The van der Waals surface area contributed by atoms with Crippen molar-refractivity contribution in [1.29, 1.82) is 0 Å². The van der Waals surface area contributed by atoms with E-state index in [1.165, 1.54) is 0 Å². The predicted octanol–water partition coefficient (Wildman–Crippen LogP) is 4.01. The lowest BCUT2D eigenvalue weighted by Crippen LogP contribution is -2.47. The van der Waals surface area contributed by atoms with Crippen LogP contribution in [0.25, 0.3) is 0 Å². The molecule has 0 aromatic carbocycles. The SMILES string of the molecule is CC(C)(C)OC(=O)N1CCCC[C@H]1CSc1ncc(Cl)cn1. The molecule has 0 aliphatic carbocycles. The largest absolute Gasteiger partial charge is 0.444 e. The summed E-state index contributed by atoms with van der Waals surface area (Å²) in [5.74, 6) is 0.765. The van der Waals surface area contributed by atoms with Crippen molar-refractivity contribution in [2.45, 2.75) is 56.8 Å². The first kappa shape index (κ1) is 17.3. The van der Waals surface area contributed by atoms with Crippen LogP contribution >= 0.6 is 23.4 Å². The quantitative estimate of drug-likeness (QED) is 0.613. The molecule has 1 aliphatic rings. The van der Waals surface area contributed by atoms with Crippen LogP contribution in [0.4, 0.5) is 4.79 Å². The predicted molar refractivity (Wildman–Crippen MR) is 88.3 cm³/mol. The summed E-state index contributed by atoms with van der Waals surface area (Å²) in [4.78, 5) is 22.5. The number of thioether (sulfide) groups is 1. The maximum atomic E-state index is 12.3. The molecule has 1 atom stereocenters. The van der Waals surface area contributed by atoms with Crippen LogP contribution in [0, 0.1) is 0 Å². The molecular formula is C15H22ClN3O2S. The average molecular weight is 344 g/mol. The summed E-state index contributed by atoms with van der Waals surface area (Å²) in [5, 5.41) is 1.21. The molecule has 1 saturated heterocycles. The molecule has 5 nitrogen and oxygen atoms in total. The highest BCUT2D eigenvalue weighted by Gasteiger charge is 2.30. The molecule has 1 aromatic rings. The first-order valence-corrected chi connectivity index (χ1v) is 8.81. The second-order valence-electron chi connectivity index (χ2n) is 6.32. The maximum Gasteiger partial charge on any atom is 0.410 e. The Kier molecular flexibility index (Phi) is 5.92. The van der Waals surface area contributed by atoms with Crippen molar-refractivity contribution in [3.63, 3.8) is 0 Å². The van der Waals surface area contributed by atoms with E-state index in [0.717, 1.165) is 31.6 Å². The van der Waals surface area contributed by atoms with Crippen LogP contribution in [0.1, 0.15) is 40.0 Å².